The molecule has 0 saturated carbocycles. The molecule has 0 radical (unpaired) electrons. The van der Waals surface area contributed by atoms with Crippen molar-refractivity contribution in [1.29, 1.82) is 5.26 Å². The molecule has 1 aliphatic heterocycles. The zero-order chi connectivity index (χ0) is 21.0. The molecule has 0 aromatic heterocycles. The van der Waals surface area contributed by atoms with E-state index in [1.54, 1.807) is 41.3 Å². The summed E-state index contributed by atoms with van der Waals surface area (Å²) >= 11 is 0. The molecule has 148 valence electrons. The van der Waals surface area contributed by atoms with Gasteiger partial charge in [0.25, 0.3) is 5.91 Å². The molecule has 2 aromatic carbocycles. The summed E-state index contributed by atoms with van der Waals surface area (Å²) in [7, 11) is 0. The summed E-state index contributed by atoms with van der Waals surface area (Å²) in [6, 6.07) is 14.5. The van der Waals surface area contributed by atoms with Crippen molar-refractivity contribution in [2.45, 2.75) is 39.3 Å². The van der Waals surface area contributed by atoms with E-state index in [-0.39, 0.29) is 48.8 Å². The third-order valence-electron chi connectivity index (χ3n) is 4.59. The topological polar surface area (TPSA) is 76.8 Å². The number of carbonyl (C=O) groups excluding carboxylic acids is 2. The molecular formula is C22H21FN4O2. The van der Waals surface area contributed by atoms with Crippen LogP contribution in [0.4, 0.5) is 10.1 Å². The van der Waals surface area contributed by atoms with Crippen LogP contribution in [0.2, 0.25) is 0 Å². The molecule has 0 saturated heterocycles. The largest absolute Gasteiger partial charge is 0.305 e. The minimum absolute atomic E-state index is 0.165. The number of benzene rings is 2. The van der Waals surface area contributed by atoms with Crippen molar-refractivity contribution in [2.24, 2.45) is 5.10 Å². The SMILES string of the molecule is CC(C)N(C(=O)C1=NN(Cc2ccc(F)cc2)C(=O)CC1)c1cccc(C#N)c1. The lowest BCUT2D eigenvalue weighted by Gasteiger charge is -2.30. The predicted molar refractivity (Wildman–Crippen MR) is 107 cm³/mol. The lowest BCUT2D eigenvalue weighted by atomic mass is 10.1. The zero-order valence-corrected chi connectivity index (χ0v) is 16.3. The highest BCUT2D eigenvalue weighted by molar-refractivity contribution is 6.44. The van der Waals surface area contributed by atoms with Crippen LogP contribution in [0.25, 0.3) is 0 Å². The summed E-state index contributed by atoms with van der Waals surface area (Å²) in [5.74, 6) is -0.842. The molecule has 2 aromatic rings. The van der Waals surface area contributed by atoms with Crippen LogP contribution < -0.4 is 4.90 Å². The molecule has 0 spiro atoms. The Morgan fingerprint density at radius 3 is 2.62 bits per heavy atom. The van der Waals surface area contributed by atoms with Gasteiger partial charge in [-0.3, -0.25) is 9.59 Å². The first-order valence-electron chi connectivity index (χ1n) is 9.35. The molecule has 0 unspecified atom stereocenters. The third kappa shape index (κ3) is 4.66. The van der Waals surface area contributed by atoms with Crippen molar-refractivity contribution in [2.75, 3.05) is 4.90 Å². The minimum Gasteiger partial charge on any atom is -0.305 e. The molecule has 3 rings (SSSR count). The standard InChI is InChI=1S/C22H21FN4O2/c1-15(2)27(19-5-3-4-17(12-19)13-24)22(29)20-10-11-21(28)26(25-20)14-16-6-8-18(23)9-7-16/h3-9,12,15H,10-11,14H2,1-2H3. The quantitative estimate of drug-likeness (QED) is 0.780. The van der Waals surface area contributed by atoms with Crippen LogP contribution >= 0.6 is 0 Å². The van der Waals surface area contributed by atoms with Crippen molar-refractivity contribution in [3.63, 3.8) is 0 Å². The van der Waals surface area contributed by atoms with E-state index in [2.05, 4.69) is 11.2 Å². The predicted octanol–water partition coefficient (Wildman–Crippen LogP) is 3.62. The zero-order valence-electron chi connectivity index (χ0n) is 16.3. The average Bonchev–Trinajstić information content (AvgIpc) is 2.71. The third-order valence-corrected chi connectivity index (χ3v) is 4.59. The van der Waals surface area contributed by atoms with Crippen molar-refractivity contribution in [1.82, 2.24) is 5.01 Å². The molecule has 1 aliphatic rings. The summed E-state index contributed by atoms with van der Waals surface area (Å²) < 4.78 is 13.1. The van der Waals surface area contributed by atoms with Crippen LogP contribution in [0.5, 0.6) is 0 Å². The van der Waals surface area contributed by atoms with Gasteiger partial charge in [-0.15, -0.1) is 0 Å². The fourth-order valence-electron chi connectivity index (χ4n) is 3.16. The number of anilines is 1. The molecule has 0 aliphatic carbocycles. The van der Waals surface area contributed by atoms with Crippen LogP contribution in [-0.2, 0) is 16.1 Å². The molecule has 1 heterocycles. The summed E-state index contributed by atoms with van der Waals surface area (Å²) in [6.45, 7) is 3.92. The van der Waals surface area contributed by atoms with E-state index in [0.29, 0.717) is 11.3 Å². The number of nitrogens with zero attached hydrogens (tertiary/aromatic N) is 4. The maximum absolute atomic E-state index is 13.2. The van der Waals surface area contributed by atoms with Gasteiger partial charge in [0.2, 0.25) is 5.91 Å². The Morgan fingerprint density at radius 1 is 1.24 bits per heavy atom. The molecule has 2 amide bonds. The van der Waals surface area contributed by atoms with E-state index in [1.807, 2.05) is 13.8 Å². The fraction of sp³-hybridized carbons (Fsp3) is 0.273. The van der Waals surface area contributed by atoms with Crippen molar-refractivity contribution >= 4 is 23.2 Å². The van der Waals surface area contributed by atoms with Gasteiger partial charge in [0.15, 0.2) is 0 Å². The smallest absolute Gasteiger partial charge is 0.274 e. The van der Waals surface area contributed by atoms with Gasteiger partial charge in [0, 0.05) is 24.6 Å². The van der Waals surface area contributed by atoms with E-state index in [9.17, 15) is 14.0 Å². The molecule has 29 heavy (non-hydrogen) atoms. The van der Waals surface area contributed by atoms with Gasteiger partial charge in [-0.1, -0.05) is 18.2 Å². The van der Waals surface area contributed by atoms with Crippen LogP contribution in [0.1, 0.15) is 37.8 Å². The first-order valence-corrected chi connectivity index (χ1v) is 9.35. The Morgan fingerprint density at radius 2 is 1.97 bits per heavy atom. The number of hydrogen-bond donors (Lipinski definition) is 0. The van der Waals surface area contributed by atoms with Crippen LogP contribution in [0, 0.1) is 17.1 Å². The number of amides is 2. The molecule has 0 bridgehead atoms. The lowest BCUT2D eigenvalue weighted by Crippen LogP contribution is -2.44. The Balaban J connectivity index is 1.87. The maximum Gasteiger partial charge on any atom is 0.274 e. The van der Waals surface area contributed by atoms with E-state index >= 15 is 0 Å². The van der Waals surface area contributed by atoms with Gasteiger partial charge >= 0.3 is 0 Å². The van der Waals surface area contributed by atoms with E-state index in [1.165, 1.54) is 17.1 Å². The van der Waals surface area contributed by atoms with E-state index < -0.39 is 0 Å². The number of halogens is 1. The van der Waals surface area contributed by atoms with E-state index in [4.69, 9.17) is 5.26 Å². The summed E-state index contributed by atoms with van der Waals surface area (Å²) in [5.41, 5.74) is 2.07. The first-order chi connectivity index (χ1) is 13.9. The summed E-state index contributed by atoms with van der Waals surface area (Å²) in [5, 5.41) is 14.7. The Hall–Kier alpha value is -3.53. The second-order valence-electron chi connectivity index (χ2n) is 7.06. The van der Waals surface area contributed by atoms with Gasteiger partial charge in [-0.25, -0.2) is 9.40 Å². The van der Waals surface area contributed by atoms with Crippen LogP contribution in [0.15, 0.2) is 53.6 Å². The lowest BCUT2D eigenvalue weighted by molar-refractivity contribution is -0.132. The van der Waals surface area contributed by atoms with Gasteiger partial charge in [-0.2, -0.15) is 10.4 Å². The van der Waals surface area contributed by atoms with Gasteiger partial charge in [0.05, 0.1) is 18.2 Å². The second kappa shape index (κ2) is 8.65. The number of hydrogen-bond acceptors (Lipinski definition) is 4. The molecule has 6 nitrogen and oxygen atoms in total. The van der Waals surface area contributed by atoms with Crippen molar-refractivity contribution in [3.8, 4) is 6.07 Å². The van der Waals surface area contributed by atoms with Gasteiger partial charge in [-0.05, 0) is 49.7 Å². The normalized spacial score (nSPS) is 13.8. The molecule has 0 fully saturated rings. The number of hydrazone groups is 1. The van der Waals surface area contributed by atoms with Crippen LogP contribution in [0.3, 0.4) is 0 Å². The highest BCUT2D eigenvalue weighted by Crippen LogP contribution is 2.22. The highest BCUT2D eigenvalue weighted by atomic mass is 19.1. The molecule has 0 atom stereocenters. The second-order valence-corrected chi connectivity index (χ2v) is 7.06. The number of rotatable bonds is 5. The summed E-state index contributed by atoms with van der Waals surface area (Å²) in [4.78, 5) is 27.1. The van der Waals surface area contributed by atoms with Crippen molar-refractivity contribution in [3.05, 3.63) is 65.5 Å². The molecule has 0 N–H and O–H groups in total. The Kier molecular flexibility index (Phi) is 6.03. The average molecular weight is 392 g/mol. The monoisotopic (exact) mass is 392 g/mol. The van der Waals surface area contributed by atoms with Gasteiger partial charge in [0.1, 0.15) is 11.5 Å². The molecular weight excluding hydrogens is 371 g/mol. The Bertz CT molecular complexity index is 993. The van der Waals surface area contributed by atoms with Crippen molar-refractivity contribution < 1.29 is 14.0 Å². The number of nitriles is 1. The minimum atomic E-state index is -0.356. The Labute approximate surface area is 168 Å². The molecule has 7 heteroatoms. The first kappa shape index (κ1) is 20.2. The fourth-order valence-corrected chi connectivity index (χ4v) is 3.16. The maximum atomic E-state index is 13.2. The van der Waals surface area contributed by atoms with Gasteiger partial charge < -0.3 is 4.90 Å². The number of carbonyl (C=O) groups is 2. The van der Waals surface area contributed by atoms with Crippen LogP contribution in [-0.4, -0.2) is 28.6 Å². The highest BCUT2D eigenvalue weighted by Gasteiger charge is 2.29. The van der Waals surface area contributed by atoms with E-state index in [0.717, 1.165) is 5.56 Å². The summed E-state index contributed by atoms with van der Waals surface area (Å²) in [6.07, 6.45) is 0.425.